The SMILES string of the molecule is CCCCC/C=C/CCCCCCCC(=O)O[C@H](COC(=O)CCCCCCCCC/C=C/CCCCCC)COP(=O)(O)OC[C@@H](O)CO. The molecule has 0 amide bonds. The fraction of sp³-hybridized carbons (Fsp3) is 0.846. The second-order valence-corrected chi connectivity index (χ2v) is 14.8. The summed E-state index contributed by atoms with van der Waals surface area (Å²) < 4.78 is 32.6. The predicted octanol–water partition coefficient (Wildman–Crippen LogP) is 9.83. The summed E-state index contributed by atoms with van der Waals surface area (Å²) in [5.74, 6) is -0.940. The van der Waals surface area contributed by atoms with Crippen molar-refractivity contribution in [2.75, 3.05) is 26.4 Å². The highest BCUT2D eigenvalue weighted by Gasteiger charge is 2.27. The van der Waals surface area contributed by atoms with Crippen molar-refractivity contribution in [3.8, 4) is 0 Å². The van der Waals surface area contributed by atoms with Gasteiger partial charge in [0.2, 0.25) is 0 Å². The van der Waals surface area contributed by atoms with E-state index < -0.39 is 51.8 Å². The molecule has 0 radical (unpaired) electrons. The summed E-state index contributed by atoms with van der Waals surface area (Å²) in [6, 6.07) is 0. The Morgan fingerprint density at radius 2 is 0.980 bits per heavy atom. The number of carbonyl (C=O) groups excluding carboxylic acids is 2. The minimum absolute atomic E-state index is 0.174. The van der Waals surface area contributed by atoms with Crippen LogP contribution in [0.25, 0.3) is 0 Å². The van der Waals surface area contributed by atoms with Crippen LogP contribution in [-0.2, 0) is 32.7 Å². The Morgan fingerprint density at radius 1 is 0.580 bits per heavy atom. The molecule has 0 aliphatic heterocycles. The molecule has 0 saturated carbocycles. The van der Waals surface area contributed by atoms with E-state index in [1.807, 2.05) is 0 Å². The Balaban J connectivity index is 4.35. The van der Waals surface area contributed by atoms with Crippen molar-refractivity contribution >= 4 is 19.8 Å². The van der Waals surface area contributed by atoms with Crippen LogP contribution in [0.2, 0.25) is 0 Å². The molecule has 50 heavy (non-hydrogen) atoms. The molecule has 3 N–H and O–H groups in total. The molecular formula is C39H73O10P. The number of unbranched alkanes of at least 4 members (excludes halogenated alkanes) is 19. The van der Waals surface area contributed by atoms with Crippen molar-refractivity contribution < 1.29 is 47.8 Å². The minimum atomic E-state index is -4.61. The average molecular weight is 733 g/mol. The fourth-order valence-electron chi connectivity index (χ4n) is 5.22. The van der Waals surface area contributed by atoms with Crippen LogP contribution in [0.5, 0.6) is 0 Å². The van der Waals surface area contributed by atoms with Crippen LogP contribution in [0.3, 0.4) is 0 Å². The van der Waals surface area contributed by atoms with E-state index in [-0.39, 0.29) is 19.4 Å². The number of ether oxygens (including phenoxy) is 2. The van der Waals surface area contributed by atoms with Crippen LogP contribution in [0, 0.1) is 0 Å². The summed E-state index contributed by atoms with van der Waals surface area (Å²) in [7, 11) is -4.61. The van der Waals surface area contributed by atoms with Gasteiger partial charge >= 0.3 is 19.8 Å². The Bertz CT molecular complexity index is 894. The van der Waals surface area contributed by atoms with Crippen molar-refractivity contribution in [2.24, 2.45) is 0 Å². The average Bonchev–Trinajstić information content (AvgIpc) is 3.10. The highest BCUT2D eigenvalue weighted by molar-refractivity contribution is 7.47. The Morgan fingerprint density at radius 3 is 1.48 bits per heavy atom. The highest BCUT2D eigenvalue weighted by Crippen LogP contribution is 2.43. The summed E-state index contributed by atoms with van der Waals surface area (Å²) in [4.78, 5) is 34.8. The summed E-state index contributed by atoms with van der Waals surface area (Å²) in [5, 5.41) is 18.3. The second kappa shape index (κ2) is 35.8. The number of carbonyl (C=O) groups is 2. The van der Waals surface area contributed by atoms with E-state index in [4.69, 9.17) is 19.1 Å². The lowest BCUT2D eigenvalue weighted by atomic mass is 10.1. The van der Waals surface area contributed by atoms with Gasteiger partial charge in [0.05, 0.1) is 19.8 Å². The quantitative estimate of drug-likeness (QED) is 0.0244. The Kier molecular flexibility index (Phi) is 34.7. The molecule has 0 rings (SSSR count). The second-order valence-electron chi connectivity index (χ2n) is 13.3. The predicted molar refractivity (Wildman–Crippen MR) is 201 cm³/mol. The van der Waals surface area contributed by atoms with Gasteiger partial charge in [-0.3, -0.25) is 18.6 Å². The van der Waals surface area contributed by atoms with Crippen LogP contribution >= 0.6 is 7.82 Å². The van der Waals surface area contributed by atoms with E-state index >= 15 is 0 Å². The summed E-state index contributed by atoms with van der Waals surface area (Å²) >= 11 is 0. The molecule has 0 bridgehead atoms. The van der Waals surface area contributed by atoms with Gasteiger partial charge in [0, 0.05) is 12.8 Å². The van der Waals surface area contributed by atoms with E-state index in [9.17, 15) is 24.2 Å². The van der Waals surface area contributed by atoms with Gasteiger partial charge in [-0.25, -0.2) is 4.57 Å². The molecular weight excluding hydrogens is 659 g/mol. The molecule has 294 valence electrons. The summed E-state index contributed by atoms with van der Waals surface area (Å²) in [6.45, 7) is 2.32. The Labute approximate surface area is 304 Å². The molecule has 0 aliphatic rings. The molecule has 0 aromatic heterocycles. The zero-order valence-corrected chi connectivity index (χ0v) is 32.5. The van der Waals surface area contributed by atoms with Gasteiger partial charge in [0.15, 0.2) is 6.10 Å². The van der Waals surface area contributed by atoms with Crippen LogP contribution < -0.4 is 0 Å². The van der Waals surface area contributed by atoms with E-state index in [1.165, 1.54) is 70.6 Å². The van der Waals surface area contributed by atoms with Gasteiger partial charge in [-0.15, -0.1) is 0 Å². The third-order valence-electron chi connectivity index (χ3n) is 8.33. The normalized spacial score (nSPS) is 14.3. The molecule has 3 atom stereocenters. The standard InChI is InChI=1S/C39H73O10P/c1-3-5-7-9-11-13-15-17-18-19-21-22-24-26-28-30-38(42)46-34-37(35-48-50(44,45)47-33-36(41)32-40)49-39(43)31-29-27-25-23-20-16-14-12-10-8-6-4-2/h12-15,36-37,40-41H,3-11,16-35H2,1-2H3,(H,44,45)/b14-12+,15-13+/t36-,37+/m0/s1. The fourth-order valence-corrected chi connectivity index (χ4v) is 6.01. The maximum atomic E-state index is 12.5. The molecule has 11 heteroatoms. The van der Waals surface area contributed by atoms with Gasteiger partial charge in [0.25, 0.3) is 0 Å². The molecule has 0 aromatic carbocycles. The summed E-state index contributed by atoms with van der Waals surface area (Å²) in [6.07, 6.45) is 32.9. The number of rotatable bonds is 37. The first-order valence-electron chi connectivity index (χ1n) is 19.8. The largest absolute Gasteiger partial charge is 0.472 e. The zero-order valence-electron chi connectivity index (χ0n) is 31.6. The van der Waals surface area contributed by atoms with Crippen LogP contribution in [-0.4, -0.2) is 65.7 Å². The lowest BCUT2D eigenvalue weighted by molar-refractivity contribution is -0.161. The van der Waals surface area contributed by atoms with Gasteiger partial charge in [-0.1, -0.05) is 122 Å². The molecule has 10 nitrogen and oxygen atoms in total. The first-order chi connectivity index (χ1) is 24.2. The van der Waals surface area contributed by atoms with Crippen molar-refractivity contribution in [1.82, 2.24) is 0 Å². The smallest absolute Gasteiger partial charge is 0.462 e. The maximum absolute atomic E-state index is 12.5. The molecule has 0 fully saturated rings. The number of phosphoric ester groups is 1. The van der Waals surface area contributed by atoms with Crippen molar-refractivity contribution in [3.05, 3.63) is 24.3 Å². The number of esters is 2. The van der Waals surface area contributed by atoms with Crippen molar-refractivity contribution in [3.63, 3.8) is 0 Å². The number of hydrogen-bond donors (Lipinski definition) is 3. The molecule has 0 aromatic rings. The van der Waals surface area contributed by atoms with E-state index in [2.05, 4.69) is 42.7 Å². The molecule has 0 aliphatic carbocycles. The van der Waals surface area contributed by atoms with Gasteiger partial charge in [-0.05, 0) is 64.2 Å². The zero-order chi connectivity index (χ0) is 37.0. The number of aliphatic hydroxyl groups excluding tert-OH is 2. The number of hydrogen-bond acceptors (Lipinski definition) is 9. The van der Waals surface area contributed by atoms with Crippen molar-refractivity contribution in [1.29, 1.82) is 0 Å². The lowest BCUT2D eigenvalue weighted by Gasteiger charge is -2.20. The van der Waals surface area contributed by atoms with Crippen LogP contribution in [0.15, 0.2) is 24.3 Å². The highest BCUT2D eigenvalue weighted by atomic mass is 31.2. The van der Waals surface area contributed by atoms with Gasteiger partial charge in [-0.2, -0.15) is 0 Å². The van der Waals surface area contributed by atoms with E-state index in [1.54, 1.807) is 0 Å². The number of allylic oxidation sites excluding steroid dienone is 4. The van der Waals surface area contributed by atoms with Crippen molar-refractivity contribution in [2.45, 2.75) is 187 Å². The maximum Gasteiger partial charge on any atom is 0.472 e. The monoisotopic (exact) mass is 732 g/mol. The first kappa shape index (κ1) is 48.5. The Hall–Kier alpha value is -1.55. The van der Waals surface area contributed by atoms with Crippen LogP contribution in [0.1, 0.15) is 174 Å². The molecule has 0 saturated heterocycles. The number of aliphatic hydroxyl groups is 2. The third-order valence-corrected chi connectivity index (χ3v) is 9.28. The first-order valence-corrected chi connectivity index (χ1v) is 21.3. The van der Waals surface area contributed by atoms with E-state index in [0.29, 0.717) is 12.8 Å². The van der Waals surface area contributed by atoms with Gasteiger partial charge in [0.1, 0.15) is 12.7 Å². The lowest BCUT2D eigenvalue weighted by Crippen LogP contribution is -2.29. The summed E-state index contributed by atoms with van der Waals surface area (Å²) in [5.41, 5.74) is 0. The molecule has 0 heterocycles. The van der Waals surface area contributed by atoms with Gasteiger partial charge < -0.3 is 24.6 Å². The number of phosphoric acid groups is 1. The topological polar surface area (TPSA) is 149 Å². The van der Waals surface area contributed by atoms with E-state index in [0.717, 1.165) is 64.2 Å². The van der Waals surface area contributed by atoms with Crippen LogP contribution in [0.4, 0.5) is 0 Å². The molecule has 1 unspecified atom stereocenters. The third kappa shape index (κ3) is 34.9. The molecule has 0 spiro atoms. The minimum Gasteiger partial charge on any atom is -0.462 e.